The number of carbonyl (C=O) groups excluding carboxylic acids is 3. The third-order valence-electron chi connectivity index (χ3n) is 4.19. The maximum atomic E-state index is 12.1. The van der Waals surface area contributed by atoms with Crippen LogP contribution in [-0.4, -0.2) is 38.5 Å². The van der Waals surface area contributed by atoms with Crippen LogP contribution in [-0.2, 0) is 20.9 Å². The monoisotopic (exact) mass is 384 g/mol. The first-order valence-electron chi connectivity index (χ1n) is 8.80. The number of ether oxygens (including phenoxy) is 2. The van der Waals surface area contributed by atoms with E-state index in [1.54, 1.807) is 31.4 Å². The van der Waals surface area contributed by atoms with Crippen LogP contribution < -0.4 is 15.0 Å². The quantitative estimate of drug-likeness (QED) is 0.707. The number of benzene rings is 2. The third-order valence-corrected chi connectivity index (χ3v) is 4.19. The second kappa shape index (κ2) is 10.1. The number of hydrogen-bond donors (Lipinski definition) is 1. The Kier molecular flexibility index (Phi) is 7.56. The Labute approximate surface area is 164 Å². The van der Waals surface area contributed by atoms with Crippen molar-refractivity contribution in [1.82, 2.24) is 5.32 Å². The third kappa shape index (κ3) is 5.84. The molecule has 0 aliphatic heterocycles. The van der Waals surface area contributed by atoms with Crippen molar-refractivity contribution in [2.45, 2.75) is 19.9 Å². The lowest BCUT2D eigenvalue weighted by Crippen LogP contribution is -2.33. The molecule has 0 aliphatic carbocycles. The number of methoxy groups -OCH3 is 2. The highest BCUT2D eigenvalue weighted by molar-refractivity contribution is 5.94. The molecule has 2 aromatic carbocycles. The minimum absolute atomic E-state index is 0.159. The zero-order valence-electron chi connectivity index (χ0n) is 16.2. The van der Waals surface area contributed by atoms with E-state index in [-0.39, 0.29) is 24.8 Å². The van der Waals surface area contributed by atoms with Crippen molar-refractivity contribution in [2.75, 3.05) is 25.7 Å². The Morgan fingerprint density at radius 1 is 0.964 bits per heavy atom. The van der Waals surface area contributed by atoms with Gasteiger partial charge in [-0.3, -0.25) is 9.59 Å². The summed E-state index contributed by atoms with van der Waals surface area (Å²) in [6.45, 7) is 2.07. The molecule has 0 atom stereocenters. The number of carbonyl (C=O) groups is 3. The number of rotatable bonds is 8. The highest BCUT2D eigenvalue weighted by atomic mass is 16.5. The van der Waals surface area contributed by atoms with Crippen molar-refractivity contribution >= 4 is 23.5 Å². The Morgan fingerprint density at radius 3 is 2.14 bits per heavy atom. The molecule has 0 unspecified atom stereocenters. The normalized spacial score (nSPS) is 10.1. The van der Waals surface area contributed by atoms with Crippen LogP contribution in [0.25, 0.3) is 0 Å². The fourth-order valence-corrected chi connectivity index (χ4v) is 2.61. The van der Waals surface area contributed by atoms with Gasteiger partial charge in [-0.2, -0.15) is 0 Å². The number of esters is 1. The van der Waals surface area contributed by atoms with E-state index in [9.17, 15) is 14.4 Å². The largest absolute Gasteiger partial charge is 0.497 e. The van der Waals surface area contributed by atoms with Gasteiger partial charge in [-0.05, 0) is 42.0 Å². The van der Waals surface area contributed by atoms with E-state index >= 15 is 0 Å². The minimum atomic E-state index is -0.446. The van der Waals surface area contributed by atoms with Gasteiger partial charge >= 0.3 is 5.97 Å². The van der Waals surface area contributed by atoms with Crippen LogP contribution in [0.3, 0.4) is 0 Å². The molecule has 0 spiro atoms. The van der Waals surface area contributed by atoms with Gasteiger partial charge in [-0.1, -0.05) is 12.1 Å². The number of amides is 2. The summed E-state index contributed by atoms with van der Waals surface area (Å²) in [7, 11) is 2.91. The predicted octanol–water partition coefficient (Wildman–Crippen LogP) is 2.54. The molecule has 7 heteroatoms. The van der Waals surface area contributed by atoms with E-state index in [0.717, 1.165) is 11.3 Å². The second-order valence-corrected chi connectivity index (χ2v) is 6.08. The zero-order valence-corrected chi connectivity index (χ0v) is 16.2. The number of anilines is 1. The topological polar surface area (TPSA) is 84.9 Å². The first-order chi connectivity index (χ1) is 13.4. The Hall–Kier alpha value is -3.35. The Balaban J connectivity index is 1.90. The van der Waals surface area contributed by atoms with Gasteiger partial charge < -0.3 is 19.7 Å². The minimum Gasteiger partial charge on any atom is -0.497 e. The highest BCUT2D eigenvalue weighted by Gasteiger charge is 2.14. The summed E-state index contributed by atoms with van der Waals surface area (Å²) in [4.78, 5) is 37.1. The Bertz CT molecular complexity index is 816. The average molecular weight is 384 g/mol. The lowest BCUT2D eigenvalue weighted by molar-refractivity contribution is -0.121. The van der Waals surface area contributed by atoms with Crippen molar-refractivity contribution in [3.05, 3.63) is 59.7 Å². The summed E-state index contributed by atoms with van der Waals surface area (Å²) in [6, 6.07) is 13.9. The van der Waals surface area contributed by atoms with Crippen LogP contribution in [0.4, 0.5) is 5.69 Å². The standard InChI is InChI=1S/C21H24N2O5/c1-15(24)23(18-8-6-17(7-9-18)21(26)28-3)13-12-20(25)22-14-16-4-10-19(27-2)11-5-16/h4-11H,12-14H2,1-3H3,(H,22,25). The van der Waals surface area contributed by atoms with Crippen LogP contribution in [0.15, 0.2) is 48.5 Å². The van der Waals surface area contributed by atoms with E-state index < -0.39 is 5.97 Å². The second-order valence-electron chi connectivity index (χ2n) is 6.08. The van der Waals surface area contributed by atoms with Gasteiger partial charge in [0.15, 0.2) is 0 Å². The lowest BCUT2D eigenvalue weighted by Gasteiger charge is -2.21. The number of nitrogens with one attached hydrogen (secondary N) is 1. The molecule has 0 aliphatic rings. The summed E-state index contributed by atoms with van der Waals surface area (Å²) in [5.74, 6) is -0.0359. The fraction of sp³-hybridized carbons (Fsp3) is 0.286. The molecule has 0 radical (unpaired) electrons. The van der Waals surface area contributed by atoms with Gasteiger partial charge in [0.2, 0.25) is 11.8 Å². The van der Waals surface area contributed by atoms with E-state index in [0.29, 0.717) is 17.8 Å². The Morgan fingerprint density at radius 2 is 1.61 bits per heavy atom. The first-order valence-corrected chi connectivity index (χ1v) is 8.80. The lowest BCUT2D eigenvalue weighted by atomic mass is 10.2. The molecule has 2 amide bonds. The molecule has 148 valence electrons. The molecule has 28 heavy (non-hydrogen) atoms. The van der Waals surface area contributed by atoms with Crippen LogP contribution in [0.1, 0.15) is 29.3 Å². The van der Waals surface area contributed by atoms with Crippen molar-refractivity contribution in [1.29, 1.82) is 0 Å². The molecule has 7 nitrogen and oxygen atoms in total. The van der Waals surface area contributed by atoms with Crippen LogP contribution in [0.2, 0.25) is 0 Å². The molecular weight excluding hydrogens is 360 g/mol. The molecule has 0 fully saturated rings. The van der Waals surface area contributed by atoms with Crippen LogP contribution in [0, 0.1) is 0 Å². The zero-order chi connectivity index (χ0) is 20.5. The van der Waals surface area contributed by atoms with Crippen molar-refractivity contribution in [2.24, 2.45) is 0 Å². The molecule has 2 rings (SSSR count). The molecule has 0 saturated carbocycles. The van der Waals surface area contributed by atoms with Gasteiger partial charge in [-0.25, -0.2) is 4.79 Å². The maximum Gasteiger partial charge on any atom is 0.337 e. The molecule has 0 heterocycles. The van der Waals surface area contributed by atoms with Gasteiger partial charge in [-0.15, -0.1) is 0 Å². The fourth-order valence-electron chi connectivity index (χ4n) is 2.61. The predicted molar refractivity (Wildman–Crippen MR) is 105 cm³/mol. The molecule has 0 bridgehead atoms. The molecular formula is C21H24N2O5. The van der Waals surface area contributed by atoms with E-state index in [2.05, 4.69) is 10.1 Å². The smallest absolute Gasteiger partial charge is 0.337 e. The average Bonchev–Trinajstić information content (AvgIpc) is 2.72. The van der Waals surface area contributed by atoms with Gasteiger partial charge in [0, 0.05) is 32.1 Å². The highest BCUT2D eigenvalue weighted by Crippen LogP contribution is 2.17. The maximum absolute atomic E-state index is 12.1. The molecule has 0 aromatic heterocycles. The molecule has 2 aromatic rings. The van der Waals surface area contributed by atoms with E-state index in [1.807, 2.05) is 24.3 Å². The number of nitrogens with zero attached hydrogens (tertiary/aromatic N) is 1. The van der Waals surface area contributed by atoms with Crippen LogP contribution >= 0.6 is 0 Å². The summed E-state index contributed by atoms with van der Waals surface area (Å²) in [6.07, 6.45) is 0.161. The summed E-state index contributed by atoms with van der Waals surface area (Å²) in [5, 5.41) is 2.83. The number of hydrogen-bond acceptors (Lipinski definition) is 5. The van der Waals surface area contributed by atoms with Gasteiger partial charge in [0.05, 0.1) is 19.8 Å². The van der Waals surface area contributed by atoms with Gasteiger partial charge in [0.1, 0.15) is 5.75 Å². The van der Waals surface area contributed by atoms with Crippen molar-refractivity contribution in [3.8, 4) is 5.75 Å². The van der Waals surface area contributed by atoms with Crippen LogP contribution in [0.5, 0.6) is 5.75 Å². The molecule has 0 saturated heterocycles. The van der Waals surface area contributed by atoms with Crippen molar-refractivity contribution in [3.63, 3.8) is 0 Å². The molecule has 1 N–H and O–H groups in total. The van der Waals surface area contributed by atoms with E-state index in [4.69, 9.17) is 4.74 Å². The summed E-state index contributed by atoms with van der Waals surface area (Å²) in [5.41, 5.74) is 1.96. The van der Waals surface area contributed by atoms with Crippen molar-refractivity contribution < 1.29 is 23.9 Å². The summed E-state index contributed by atoms with van der Waals surface area (Å²) < 4.78 is 9.76. The van der Waals surface area contributed by atoms with E-state index in [1.165, 1.54) is 18.9 Å². The first kappa shape index (κ1) is 21.0. The van der Waals surface area contributed by atoms with Gasteiger partial charge in [0.25, 0.3) is 0 Å². The SMILES string of the molecule is COC(=O)c1ccc(N(CCC(=O)NCc2ccc(OC)cc2)C(C)=O)cc1. The summed E-state index contributed by atoms with van der Waals surface area (Å²) >= 11 is 0.